The van der Waals surface area contributed by atoms with Crippen molar-refractivity contribution in [3.63, 3.8) is 0 Å². The maximum absolute atomic E-state index is 5.15. The predicted molar refractivity (Wildman–Crippen MR) is 196 cm³/mol. The second kappa shape index (κ2) is 10.8. The van der Waals surface area contributed by atoms with E-state index >= 15 is 0 Å². The van der Waals surface area contributed by atoms with Crippen LogP contribution < -0.4 is 0 Å². The highest BCUT2D eigenvalue weighted by molar-refractivity contribution is 6.22. The lowest BCUT2D eigenvalue weighted by atomic mass is 9.85. The zero-order valence-corrected chi connectivity index (χ0v) is 25.2. The molecule has 214 valence electrons. The highest BCUT2D eigenvalue weighted by Crippen LogP contribution is 2.45. The molecule has 0 amide bonds. The number of hydrogen-bond acceptors (Lipinski definition) is 1. The van der Waals surface area contributed by atoms with Gasteiger partial charge in [0.05, 0.1) is 5.69 Å². The van der Waals surface area contributed by atoms with Gasteiger partial charge in [0.1, 0.15) is 0 Å². The number of benzene rings is 8. The van der Waals surface area contributed by atoms with Gasteiger partial charge in [-0.2, -0.15) is 0 Å². The van der Waals surface area contributed by atoms with Crippen LogP contribution in [0.2, 0.25) is 0 Å². The molecule has 0 fully saturated rings. The Hall–Kier alpha value is -6.05. The summed E-state index contributed by atoms with van der Waals surface area (Å²) >= 11 is 0. The minimum Gasteiger partial charge on any atom is -0.256 e. The molecule has 1 heterocycles. The molecule has 1 nitrogen and oxygen atoms in total. The first-order valence-corrected chi connectivity index (χ1v) is 15.8. The van der Waals surface area contributed by atoms with Gasteiger partial charge in [-0.25, -0.2) is 0 Å². The fraction of sp³-hybridized carbons (Fsp3) is 0. The van der Waals surface area contributed by atoms with Gasteiger partial charge in [0.25, 0.3) is 0 Å². The molecular formula is C45H29N. The van der Waals surface area contributed by atoms with Crippen LogP contribution in [-0.4, -0.2) is 4.98 Å². The summed E-state index contributed by atoms with van der Waals surface area (Å²) in [5, 5.41) is 9.83. The van der Waals surface area contributed by atoms with E-state index in [9.17, 15) is 0 Å². The highest BCUT2D eigenvalue weighted by Gasteiger charge is 2.18. The van der Waals surface area contributed by atoms with E-state index in [0.717, 1.165) is 16.8 Å². The van der Waals surface area contributed by atoms with Crippen molar-refractivity contribution in [1.29, 1.82) is 0 Å². The minimum absolute atomic E-state index is 0.973. The van der Waals surface area contributed by atoms with Gasteiger partial charge >= 0.3 is 0 Å². The quantitative estimate of drug-likeness (QED) is 0.188. The van der Waals surface area contributed by atoms with Crippen LogP contribution in [0.1, 0.15) is 0 Å². The standard InChI is InChI=1S/C45H29N/c1-2-10-30(11-3-1)36-22-24-41-42(28-36)45(43-25-23-38(29-46-43)35-20-18-31-12-4-6-14-33(31)26-35)40-17-9-8-16-39(40)44(41)37-21-19-32-13-5-7-15-34(32)27-37/h1-29H. The maximum atomic E-state index is 5.15. The molecule has 9 aromatic rings. The van der Waals surface area contributed by atoms with Crippen molar-refractivity contribution in [2.45, 2.75) is 0 Å². The summed E-state index contributed by atoms with van der Waals surface area (Å²) in [6, 6.07) is 61.4. The molecule has 0 saturated heterocycles. The first kappa shape index (κ1) is 26.4. The third-order valence-corrected chi connectivity index (χ3v) is 9.27. The molecule has 0 unspecified atom stereocenters. The molecule has 0 N–H and O–H groups in total. The lowest BCUT2D eigenvalue weighted by Crippen LogP contribution is -1.93. The van der Waals surface area contributed by atoms with Crippen LogP contribution in [-0.2, 0) is 0 Å². The Labute approximate surface area is 268 Å². The largest absolute Gasteiger partial charge is 0.256 e. The molecule has 1 heteroatoms. The van der Waals surface area contributed by atoms with Gasteiger partial charge in [0.15, 0.2) is 0 Å². The molecule has 0 aliphatic rings. The normalized spacial score (nSPS) is 11.5. The molecule has 0 aliphatic carbocycles. The van der Waals surface area contributed by atoms with Crippen LogP contribution in [0.5, 0.6) is 0 Å². The van der Waals surface area contributed by atoms with Gasteiger partial charge in [0, 0.05) is 17.3 Å². The Morgan fingerprint density at radius 1 is 0.283 bits per heavy atom. The topological polar surface area (TPSA) is 12.9 Å². The summed E-state index contributed by atoms with van der Waals surface area (Å²) in [4.78, 5) is 5.15. The van der Waals surface area contributed by atoms with Crippen molar-refractivity contribution in [2.24, 2.45) is 0 Å². The first-order chi connectivity index (χ1) is 22.8. The van der Waals surface area contributed by atoms with Gasteiger partial charge in [-0.05, 0) is 95.2 Å². The number of aromatic nitrogens is 1. The Morgan fingerprint density at radius 3 is 1.50 bits per heavy atom. The molecule has 0 spiro atoms. The van der Waals surface area contributed by atoms with E-state index < -0.39 is 0 Å². The summed E-state index contributed by atoms with van der Waals surface area (Å²) in [5.74, 6) is 0. The van der Waals surface area contributed by atoms with Crippen molar-refractivity contribution in [2.75, 3.05) is 0 Å². The molecule has 8 aromatic carbocycles. The van der Waals surface area contributed by atoms with Gasteiger partial charge in [-0.1, -0.05) is 146 Å². The minimum atomic E-state index is 0.973. The first-order valence-electron chi connectivity index (χ1n) is 15.8. The molecule has 1 aromatic heterocycles. The fourth-order valence-corrected chi connectivity index (χ4v) is 7.00. The van der Waals surface area contributed by atoms with Crippen molar-refractivity contribution < 1.29 is 0 Å². The van der Waals surface area contributed by atoms with E-state index in [1.807, 2.05) is 6.20 Å². The average Bonchev–Trinajstić information content (AvgIpc) is 3.13. The SMILES string of the molecule is c1ccc(-c2ccc3c(-c4ccc5ccccc5c4)c4ccccc4c(-c4ccc(-c5ccc6ccccc6c5)cn4)c3c2)cc1. The second-order valence-corrected chi connectivity index (χ2v) is 12.0. The predicted octanol–water partition coefficient (Wildman–Crippen LogP) is 12.4. The van der Waals surface area contributed by atoms with Crippen LogP contribution in [0.15, 0.2) is 176 Å². The Morgan fingerprint density at radius 2 is 0.804 bits per heavy atom. The Kier molecular flexibility index (Phi) is 6.21. The zero-order valence-electron chi connectivity index (χ0n) is 25.2. The van der Waals surface area contributed by atoms with Crippen LogP contribution in [0.25, 0.3) is 87.7 Å². The molecular weight excluding hydrogens is 555 g/mol. The average molecular weight is 584 g/mol. The van der Waals surface area contributed by atoms with Gasteiger partial charge < -0.3 is 0 Å². The van der Waals surface area contributed by atoms with Gasteiger partial charge in [-0.15, -0.1) is 0 Å². The maximum Gasteiger partial charge on any atom is 0.0714 e. The molecule has 0 bridgehead atoms. The fourth-order valence-electron chi connectivity index (χ4n) is 7.00. The summed E-state index contributed by atoms with van der Waals surface area (Å²) in [5.41, 5.74) is 9.30. The highest BCUT2D eigenvalue weighted by atomic mass is 14.7. The third-order valence-electron chi connectivity index (χ3n) is 9.27. The molecule has 0 aliphatic heterocycles. The summed E-state index contributed by atoms with van der Waals surface area (Å²) in [7, 11) is 0. The van der Waals surface area contributed by atoms with Crippen LogP contribution >= 0.6 is 0 Å². The molecule has 0 atom stereocenters. The number of rotatable bonds is 4. The lowest BCUT2D eigenvalue weighted by Gasteiger charge is -2.19. The number of hydrogen-bond donors (Lipinski definition) is 0. The number of fused-ring (bicyclic) bond motifs is 4. The number of pyridine rings is 1. The lowest BCUT2D eigenvalue weighted by molar-refractivity contribution is 1.34. The zero-order chi connectivity index (χ0) is 30.5. The van der Waals surface area contributed by atoms with Crippen molar-refractivity contribution in [3.05, 3.63) is 176 Å². The Bertz CT molecular complexity index is 2560. The van der Waals surface area contributed by atoms with Crippen molar-refractivity contribution in [3.8, 4) is 44.6 Å². The van der Waals surface area contributed by atoms with E-state index in [-0.39, 0.29) is 0 Å². The molecule has 0 radical (unpaired) electrons. The summed E-state index contributed by atoms with van der Waals surface area (Å²) in [6.07, 6.45) is 2.03. The van der Waals surface area contributed by atoms with Gasteiger partial charge in [0.2, 0.25) is 0 Å². The third kappa shape index (κ3) is 4.45. The van der Waals surface area contributed by atoms with E-state index in [4.69, 9.17) is 4.98 Å². The van der Waals surface area contributed by atoms with Gasteiger partial charge in [-0.3, -0.25) is 4.98 Å². The summed E-state index contributed by atoms with van der Waals surface area (Å²) < 4.78 is 0. The molecule has 9 rings (SSSR count). The smallest absolute Gasteiger partial charge is 0.0714 e. The van der Waals surface area contributed by atoms with Crippen LogP contribution in [0, 0.1) is 0 Å². The monoisotopic (exact) mass is 583 g/mol. The van der Waals surface area contributed by atoms with E-state index in [0.29, 0.717) is 0 Å². The van der Waals surface area contributed by atoms with E-state index in [2.05, 4.69) is 170 Å². The van der Waals surface area contributed by atoms with Crippen LogP contribution in [0.3, 0.4) is 0 Å². The second-order valence-electron chi connectivity index (χ2n) is 12.0. The van der Waals surface area contributed by atoms with Crippen molar-refractivity contribution in [1.82, 2.24) is 4.98 Å². The molecule has 46 heavy (non-hydrogen) atoms. The van der Waals surface area contributed by atoms with Crippen LogP contribution in [0.4, 0.5) is 0 Å². The summed E-state index contributed by atoms with van der Waals surface area (Å²) in [6.45, 7) is 0. The number of nitrogens with zero attached hydrogens (tertiary/aromatic N) is 1. The van der Waals surface area contributed by atoms with Crippen molar-refractivity contribution >= 4 is 43.1 Å². The Balaban J connectivity index is 1.30. The van der Waals surface area contributed by atoms with E-state index in [1.54, 1.807) is 0 Å². The van der Waals surface area contributed by atoms with E-state index in [1.165, 1.54) is 70.9 Å². The molecule has 0 saturated carbocycles.